The minimum atomic E-state index is -0.677. The molecule has 0 spiro atoms. The Bertz CT molecular complexity index is 963. The van der Waals surface area contributed by atoms with E-state index in [9.17, 15) is 9.59 Å². The van der Waals surface area contributed by atoms with Gasteiger partial charge >= 0.3 is 5.97 Å². The molecule has 1 heterocycles. The van der Waals surface area contributed by atoms with E-state index >= 15 is 0 Å². The van der Waals surface area contributed by atoms with E-state index in [2.05, 4.69) is 10.3 Å². The van der Waals surface area contributed by atoms with Gasteiger partial charge in [-0.05, 0) is 25.1 Å². The molecule has 1 amide bonds. The maximum absolute atomic E-state index is 12.0. The summed E-state index contributed by atoms with van der Waals surface area (Å²) in [7, 11) is 0. The first-order valence-electron chi connectivity index (χ1n) is 8.06. The van der Waals surface area contributed by atoms with E-state index in [0.29, 0.717) is 16.5 Å². The minimum Gasteiger partial charge on any atom is -0.452 e. The van der Waals surface area contributed by atoms with Crippen molar-refractivity contribution in [1.82, 2.24) is 4.98 Å². The quantitative estimate of drug-likeness (QED) is 0.461. The average molecular weight is 382 g/mol. The molecule has 0 radical (unpaired) electrons. The van der Waals surface area contributed by atoms with Gasteiger partial charge in [0.2, 0.25) is 0 Å². The molecular weight excluding hydrogens is 364 g/mol. The number of aryl methyl sites for hydroxylation is 1. The highest BCUT2D eigenvalue weighted by molar-refractivity contribution is 7.14. The van der Waals surface area contributed by atoms with Crippen LogP contribution < -0.4 is 16.8 Å². The van der Waals surface area contributed by atoms with Crippen LogP contribution in [0.15, 0.2) is 47.8 Å². The smallest absolute Gasteiger partial charge is 0.338 e. The normalized spacial score (nSPS) is 10.4. The highest BCUT2D eigenvalue weighted by Gasteiger charge is 2.13. The van der Waals surface area contributed by atoms with Crippen LogP contribution in [0.1, 0.15) is 15.9 Å². The minimum absolute atomic E-state index is 0.191. The second-order valence-electron chi connectivity index (χ2n) is 5.92. The lowest BCUT2D eigenvalue weighted by molar-refractivity contribution is -0.119. The molecule has 0 unspecified atom stereocenters. The summed E-state index contributed by atoms with van der Waals surface area (Å²) in [6, 6.07) is 12.3. The summed E-state index contributed by atoms with van der Waals surface area (Å²) < 4.78 is 4.99. The van der Waals surface area contributed by atoms with Crippen molar-refractivity contribution < 1.29 is 14.3 Å². The summed E-state index contributed by atoms with van der Waals surface area (Å²) >= 11 is 1.29. The Labute approximate surface area is 160 Å². The zero-order valence-electron chi connectivity index (χ0n) is 14.6. The van der Waals surface area contributed by atoms with Gasteiger partial charge in [0, 0.05) is 22.3 Å². The van der Waals surface area contributed by atoms with Crippen LogP contribution in [0.4, 0.5) is 16.5 Å². The van der Waals surface area contributed by atoms with E-state index in [4.69, 9.17) is 16.2 Å². The number of nitrogens with two attached hydrogens (primary N) is 2. The van der Waals surface area contributed by atoms with Gasteiger partial charge in [-0.1, -0.05) is 29.8 Å². The number of nitrogens with zero attached hydrogens (tertiary/aromatic N) is 1. The summed E-state index contributed by atoms with van der Waals surface area (Å²) in [5.74, 6) is -1.16. The van der Waals surface area contributed by atoms with E-state index in [-0.39, 0.29) is 5.56 Å². The SMILES string of the molecule is Cc1ccc(-c2csc(NC(=O)COC(=O)c3cc(N)cc(N)c3)n2)cc1. The van der Waals surface area contributed by atoms with Gasteiger partial charge in [-0.15, -0.1) is 11.3 Å². The standard InChI is InChI=1S/C19H18N4O3S/c1-11-2-4-12(5-3-11)16-10-27-19(22-16)23-17(24)9-26-18(25)13-6-14(20)8-15(21)7-13/h2-8,10H,9,20-21H2,1H3,(H,22,23,24). The number of aromatic nitrogens is 1. The Morgan fingerprint density at radius 1 is 1.11 bits per heavy atom. The Morgan fingerprint density at radius 3 is 2.44 bits per heavy atom. The number of carbonyl (C=O) groups is 2. The van der Waals surface area contributed by atoms with Crippen LogP contribution in [0.25, 0.3) is 11.3 Å². The first-order chi connectivity index (χ1) is 12.9. The van der Waals surface area contributed by atoms with Crippen LogP contribution in [0, 0.1) is 6.92 Å². The average Bonchev–Trinajstić information content (AvgIpc) is 3.08. The van der Waals surface area contributed by atoms with Crippen molar-refractivity contribution in [1.29, 1.82) is 0 Å². The molecule has 0 fully saturated rings. The molecule has 138 valence electrons. The maximum Gasteiger partial charge on any atom is 0.338 e. The third-order valence-corrected chi connectivity index (χ3v) is 4.40. The van der Waals surface area contributed by atoms with E-state index in [1.54, 1.807) is 0 Å². The molecule has 5 N–H and O–H groups in total. The molecule has 1 aromatic heterocycles. The number of hydrogen-bond acceptors (Lipinski definition) is 7. The topological polar surface area (TPSA) is 120 Å². The summed E-state index contributed by atoms with van der Waals surface area (Å²) in [6.45, 7) is 1.57. The van der Waals surface area contributed by atoms with Crippen molar-refractivity contribution in [3.63, 3.8) is 0 Å². The van der Waals surface area contributed by atoms with Crippen molar-refractivity contribution in [3.05, 3.63) is 59.0 Å². The van der Waals surface area contributed by atoms with Gasteiger partial charge in [0.05, 0.1) is 11.3 Å². The number of nitrogen functional groups attached to an aromatic ring is 2. The highest BCUT2D eigenvalue weighted by Crippen LogP contribution is 2.25. The third-order valence-electron chi connectivity index (χ3n) is 3.65. The molecule has 27 heavy (non-hydrogen) atoms. The lowest BCUT2D eigenvalue weighted by atomic mass is 10.1. The van der Waals surface area contributed by atoms with Crippen LogP contribution >= 0.6 is 11.3 Å². The van der Waals surface area contributed by atoms with Crippen molar-refractivity contribution in [2.75, 3.05) is 23.4 Å². The lowest BCUT2D eigenvalue weighted by Gasteiger charge is -2.06. The number of hydrogen-bond donors (Lipinski definition) is 3. The predicted octanol–water partition coefficient (Wildman–Crippen LogP) is 3.08. The Kier molecular flexibility index (Phi) is 5.37. The van der Waals surface area contributed by atoms with Crippen LogP contribution in [0.5, 0.6) is 0 Å². The van der Waals surface area contributed by atoms with Gasteiger partial charge < -0.3 is 16.2 Å². The fourth-order valence-corrected chi connectivity index (χ4v) is 3.09. The van der Waals surface area contributed by atoms with E-state index in [1.807, 2.05) is 36.6 Å². The van der Waals surface area contributed by atoms with Crippen molar-refractivity contribution in [3.8, 4) is 11.3 Å². The fourth-order valence-electron chi connectivity index (χ4n) is 2.35. The number of thiazole rings is 1. The first kappa shape index (κ1) is 18.4. The van der Waals surface area contributed by atoms with Crippen molar-refractivity contribution >= 4 is 39.7 Å². The van der Waals surface area contributed by atoms with Gasteiger partial charge in [0.1, 0.15) is 0 Å². The van der Waals surface area contributed by atoms with Crippen LogP contribution in [0.3, 0.4) is 0 Å². The molecule has 0 saturated heterocycles. The number of carbonyl (C=O) groups excluding carboxylic acids is 2. The largest absolute Gasteiger partial charge is 0.452 e. The molecule has 0 aliphatic rings. The van der Waals surface area contributed by atoms with Crippen molar-refractivity contribution in [2.45, 2.75) is 6.92 Å². The number of anilines is 3. The number of nitrogens with one attached hydrogen (secondary N) is 1. The van der Waals surface area contributed by atoms with Crippen LogP contribution in [-0.4, -0.2) is 23.5 Å². The number of amides is 1. The van der Waals surface area contributed by atoms with Gasteiger partial charge in [-0.2, -0.15) is 0 Å². The first-order valence-corrected chi connectivity index (χ1v) is 8.94. The molecule has 0 atom stereocenters. The predicted molar refractivity (Wildman–Crippen MR) is 106 cm³/mol. The summed E-state index contributed by atoms with van der Waals surface area (Å²) in [5, 5.41) is 4.89. The summed E-state index contributed by atoms with van der Waals surface area (Å²) in [4.78, 5) is 28.4. The number of rotatable bonds is 5. The number of esters is 1. The monoisotopic (exact) mass is 382 g/mol. The Hall–Kier alpha value is -3.39. The molecule has 0 saturated carbocycles. The molecule has 0 aliphatic carbocycles. The lowest BCUT2D eigenvalue weighted by Crippen LogP contribution is -2.21. The molecule has 3 rings (SSSR count). The third kappa shape index (κ3) is 4.83. The molecule has 2 aromatic carbocycles. The second kappa shape index (κ2) is 7.88. The molecular formula is C19H18N4O3S. The zero-order valence-corrected chi connectivity index (χ0v) is 15.4. The fraction of sp³-hybridized carbons (Fsp3) is 0.105. The molecule has 0 aliphatic heterocycles. The van der Waals surface area contributed by atoms with E-state index < -0.39 is 18.5 Å². The number of ether oxygens (including phenoxy) is 1. The van der Waals surface area contributed by atoms with Gasteiger partial charge in [0.15, 0.2) is 11.7 Å². The second-order valence-corrected chi connectivity index (χ2v) is 6.77. The molecule has 8 heteroatoms. The zero-order chi connectivity index (χ0) is 19.4. The summed E-state index contributed by atoms with van der Waals surface area (Å²) in [5.41, 5.74) is 15.0. The highest BCUT2D eigenvalue weighted by atomic mass is 32.1. The van der Waals surface area contributed by atoms with E-state index in [1.165, 1.54) is 29.5 Å². The van der Waals surface area contributed by atoms with Crippen molar-refractivity contribution in [2.24, 2.45) is 0 Å². The Balaban J connectivity index is 1.56. The van der Waals surface area contributed by atoms with Crippen LogP contribution in [-0.2, 0) is 9.53 Å². The van der Waals surface area contributed by atoms with Gasteiger partial charge in [-0.25, -0.2) is 9.78 Å². The molecule has 0 bridgehead atoms. The molecule has 7 nitrogen and oxygen atoms in total. The van der Waals surface area contributed by atoms with E-state index in [0.717, 1.165) is 16.8 Å². The van der Waals surface area contributed by atoms with Gasteiger partial charge in [-0.3, -0.25) is 10.1 Å². The maximum atomic E-state index is 12.0. The molecule has 3 aromatic rings. The summed E-state index contributed by atoms with van der Waals surface area (Å²) in [6.07, 6.45) is 0. The van der Waals surface area contributed by atoms with Gasteiger partial charge in [0.25, 0.3) is 5.91 Å². The number of benzene rings is 2. The Morgan fingerprint density at radius 2 is 1.78 bits per heavy atom. The van der Waals surface area contributed by atoms with Crippen LogP contribution in [0.2, 0.25) is 0 Å².